The van der Waals surface area contributed by atoms with Gasteiger partial charge >= 0.3 is 0 Å². The van der Waals surface area contributed by atoms with E-state index in [1.54, 1.807) is 24.8 Å². The molecule has 4 aromatic heterocycles. The van der Waals surface area contributed by atoms with Crippen molar-refractivity contribution in [1.82, 2.24) is 49.5 Å². The summed E-state index contributed by atoms with van der Waals surface area (Å²) in [6, 6.07) is 27.9. The molecule has 0 saturated carbocycles. The molecule has 2 aliphatic heterocycles. The monoisotopic (exact) mass is 772 g/mol. The van der Waals surface area contributed by atoms with Crippen molar-refractivity contribution in [3.8, 4) is 22.3 Å². The summed E-state index contributed by atoms with van der Waals surface area (Å²) in [4.78, 5) is 61.5. The van der Waals surface area contributed by atoms with Gasteiger partial charge in [0.1, 0.15) is 23.7 Å². The van der Waals surface area contributed by atoms with Crippen molar-refractivity contribution < 1.29 is 9.59 Å². The lowest BCUT2D eigenvalue weighted by Gasteiger charge is -2.31. The van der Waals surface area contributed by atoms with E-state index in [4.69, 9.17) is 9.97 Å². The highest BCUT2D eigenvalue weighted by Crippen LogP contribution is 2.37. The molecule has 0 spiro atoms. The number of rotatable bonds is 10. The number of nitrogens with one attached hydrogen (secondary N) is 2. The predicted octanol–water partition coefficient (Wildman–Crippen LogP) is 7.50. The highest BCUT2D eigenvalue weighted by Gasteiger charge is 2.38. The second-order valence-electron chi connectivity index (χ2n) is 16.0. The number of nitrogens with zero attached hydrogens (tertiary/aromatic N) is 8. The zero-order valence-electron chi connectivity index (χ0n) is 33.3. The first-order valence-electron chi connectivity index (χ1n) is 20.1. The molecule has 2 aliphatic rings. The maximum atomic E-state index is 14.0. The summed E-state index contributed by atoms with van der Waals surface area (Å²) in [5.41, 5.74) is 9.81. The fourth-order valence-electron chi connectivity index (χ4n) is 8.93. The Morgan fingerprint density at radius 2 is 1.02 bits per heavy atom. The number of aromatic amines is 2. The van der Waals surface area contributed by atoms with Crippen LogP contribution in [0.3, 0.4) is 0 Å². The number of carbonyl (C=O) groups excluding carboxylic acids is 2. The first kappa shape index (κ1) is 37.3. The van der Waals surface area contributed by atoms with Crippen molar-refractivity contribution in [3.05, 3.63) is 132 Å². The zero-order valence-corrected chi connectivity index (χ0v) is 33.3. The molecule has 2 fully saturated rings. The highest BCUT2D eigenvalue weighted by molar-refractivity contribution is 5.87. The molecule has 58 heavy (non-hydrogen) atoms. The second-order valence-corrected chi connectivity index (χ2v) is 16.0. The van der Waals surface area contributed by atoms with E-state index in [2.05, 4.69) is 80.6 Å². The van der Waals surface area contributed by atoms with Crippen molar-refractivity contribution in [3.63, 3.8) is 0 Å². The van der Waals surface area contributed by atoms with E-state index in [-0.39, 0.29) is 23.9 Å². The molecule has 2 amide bonds. The average Bonchev–Trinajstić information content (AvgIpc) is 4.07. The standard InChI is InChI=1S/C46H48N10O2/c1-53(2)41(33-9-5-21-47-27-33)45(57)55-23-7-11-39(55)43-49-35-19-17-31(25-37(35)51-43)29-13-15-30(16-14-29)32-18-20-36-38(26-32)52-44(50-36)40-12-8-24-56(40)46(58)42(54(3)4)34-10-6-22-48-28-34/h5-6,9-10,13-22,25-28,39-42H,7-8,11-12,23-24H2,1-4H3,(H,49,51)(H,50,52)/t39-,40-,41?,42?/m1/s1. The molecule has 12 nitrogen and oxygen atoms in total. The molecule has 0 radical (unpaired) electrons. The minimum absolute atomic E-state index is 0.0664. The van der Waals surface area contributed by atoms with E-state index in [1.165, 1.54) is 0 Å². The third-order valence-electron chi connectivity index (χ3n) is 11.8. The first-order chi connectivity index (χ1) is 28.2. The van der Waals surface area contributed by atoms with Crippen molar-refractivity contribution in [2.45, 2.75) is 49.9 Å². The SMILES string of the molecule is CN(C)C(C(=O)N1CCC[C@@H]1c1nc2ccc(-c3ccc(-c4ccc5nc([C@H]6CCCN6C(=O)C(c6cccnc6)N(C)C)[nH]c5c4)cc3)cc2[nH]1)c1cccnc1. The molecule has 6 heterocycles. The molecular formula is C46H48N10O2. The minimum Gasteiger partial charge on any atom is -0.340 e. The normalized spacial score (nSPS) is 18.2. The van der Waals surface area contributed by atoms with Crippen molar-refractivity contribution in [1.29, 1.82) is 0 Å². The van der Waals surface area contributed by atoms with E-state index in [9.17, 15) is 9.59 Å². The van der Waals surface area contributed by atoms with Crippen molar-refractivity contribution >= 4 is 33.9 Å². The van der Waals surface area contributed by atoms with Crippen LogP contribution in [0.25, 0.3) is 44.3 Å². The Bertz CT molecular complexity index is 2390. The maximum Gasteiger partial charge on any atom is 0.245 e. The van der Waals surface area contributed by atoms with Gasteiger partial charge in [0.25, 0.3) is 0 Å². The number of amides is 2. The summed E-state index contributed by atoms with van der Waals surface area (Å²) < 4.78 is 0. The molecule has 2 saturated heterocycles. The van der Waals surface area contributed by atoms with Crippen molar-refractivity contribution in [2.75, 3.05) is 41.3 Å². The number of H-pyrrole nitrogens is 2. The second kappa shape index (κ2) is 15.6. The number of hydrogen-bond donors (Lipinski definition) is 2. The molecule has 9 rings (SSSR count). The van der Waals surface area contributed by atoms with Gasteiger partial charge in [0.2, 0.25) is 11.8 Å². The lowest BCUT2D eigenvalue weighted by molar-refractivity contribution is -0.138. The van der Waals surface area contributed by atoms with Gasteiger partial charge in [-0.15, -0.1) is 0 Å². The lowest BCUT2D eigenvalue weighted by atomic mass is 10.00. The Labute approximate surface area is 338 Å². The van der Waals surface area contributed by atoms with Crippen LogP contribution < -0.4 is 0 Å². The molecule has 2 N–H and O–H groups in total. The Kier molecular flexibility index (Phi) is 10.0. The summed E-state index contributed by atoms with van der Waals surface area (Å²) in [6.45, 7) is 1.39. The molecule has 0 bridgehead atoms. The van der Waals surface area contributed by atoms with Crippen LogP contribution >= 0.6 is 0 Å². The van der Waals surface area contributed by atoms with E-state index in [0.29, 0.717) is 13.1 Å². The number of likely N-dealkylation sites (N-methyl/N-ethyl adjacent to an activating group) is 2. The summed E-state index contributed by atoms with van der Waals surface area (Å²) in [7, 11) is 7.74. The largest absolute Gasteiger partial charge is 0.340 e. The molecule has 3 aromatic carbocycles. The van der Waals surface area contributed by atoms with Gasteiger partial charge in [0, 0.05) is 37.9 Å². The van der Waals surface area contributed by atoms with Gasteiger partial charge in [0.05, 0.1) is 34.2 Å². The molecule has 294 valence electrons. The molecule has 2 unspecified atom stereocenters. The van der Waals surface area contributed by atoms with Crippen LogP contribution in [0.5, 0.6) is 0 Å². The molecule has 4 atom stereocenters. The third kappa shape index (κ3) is 7.03. The molecule has 0 aliphatic carbocycles. The fourth-order valence-corrected chi connectivity index (χ4v) is 8.93. The minimum atomic E-state index is -0.410. The summed E-state index contributed by atoms with van der Waals surface area (Å²) in [5.74, 6) is 1.78. The fraction of sp³-hybridized carbons (Fsp3) is 0.304. The van der Waals surface area contributed by atoms with Gasteiger partial charge in [0.15, 0.2) is 0 Å². The van der Waals surface area contributed by atoms with E-state index in [0.717, 1.165) is 92.8 Å². The van der Waals surface area contributed by atoms with Crippen LogP contribution in [0, 0.1) is 0 Å². The molecule has 12 heteroatoms. The highest BCUT2D eigenvalue weighted by atomic mass is 16.2. The first-order valence-corrected chi connectivity index (χ1v) is 20.1. The van der Waals surface area contributed by atoms with Gasteiger partial charge in [-0.2, -0.15) is 0 Å². The third-order valence-corrected chi connectivity index (χ3v) is 11.8. The van der Waals surface area contributed by atoms with E-state index >= 15 is 0 Å². The number of benzene rings is 3. The van der Waals surface area contributed by atoms with Crippen LogP contribution in [-0.2, 0) is 9.59 Å². The summed E-state index contributed by atoms with van der Waals surface area (Å²) in [6.07, 6.45) is 10.6. The average molecular weight is 773 g/mol. The number of pyridine rings is 2. The van der Waals surface area contributed by atoms with Gasteiger partial charge in [-0.3, -0.25) is 29.4 Å². The zero-order chi connectivity index (χ0) is 39.9. The molecular weight excluding hydrogens is 725 g/mol. The predicted molar refractivity (Wildman–Crippen MR) is 225 cm³/mol. The van der Waals surface area contributed by atoms with Crippen LogP contribution in [0.1, 0.15) is 72.6 Å². The molecule has 7 aromatic rings. The number of aromatic nitrogens is 6. The lowest BCUT2D eigenvalue weighted by Crippen LogP contribution is -2.40. The number of hydrogen-bond acceptors (Lipinski definition) is 8. The van der Waals surface area contributed by atoms with Crippen LogP contribution in [0.2, 0.25) is 0 Å². The van der Waals surface area contributed by atoms with Crippen LogP contribution in [0.15, 0.2) is 110 Å². The van der Waals surface area contributed by atoms with Gasteiger partial charge in [-0.05, 0) is 124 Å². The van der Waals surface area contributed by atoms with Crippen LogP contribution in [-0.4, -0.2) is 103 Å². The summed E-state index contributed by atoms with van der Waals surface area (Å²) >= 11 is 0. The topological polar surface area (TPSA) is 130 Å². The number of likely N-dealkylation sites (tertiary alicyclic amines) is 2. The smallest absolute Gasteiger partial charge is 0.245 e. The van der Waals surface area contributed by atoms with E-state index < -0.39 is 12.1 Å². The summed E-state index contributed by atoms with van der Waals surface area (Å²) in [5, 5.41) is 0. The Morgan fingerprint density at radius 1 is 0.603 bits per heavy atom. The quantitative estimate of drug-likeness (QED) is 0.146. The number of imidazole rings is 2. The van der Waals surface area contributed by atoms with Crippen LogP contribution in [0.4, 0.5) is 0 Å². The maximum absolute atomic E-state index is 14.0. The number of carbonyl (C=O) groups is 2. The Hall–Kier alpha value is -6.24. The van der Waals surface area contributed by atoms with Gasteiger partial charge in [-0.1, -0.05) is 48.5 Å². The van der Waals surface area contributed by atoms with Gasteiger partial charge in [-0.25, -0.2) is 9.97 Å². The number of fused-ring (bicyclic) bond motifs is 2. The Morgan fingerprint density at radius 3 is 1.40 bits per heavy atom. The Balaban J connectivity index is 0.916. The van der Waals surface area contributed by atoms with E-state index in [1.807, 2.05) is 72.1 Å². The van der Waals surface area contributed by atoms with Gasteiger partial charge < -0.3 is 19.8 Å². The van der Waals surface area contributed by atoms with Crippen molar-refractivity contribution in [2.24, 2.45) is 0 Å².